The monoisotopic (exact) mass is 336 g/mol. The van der Waals surface area contributed by atoms with Gasteiger partial charge in [0.15, 0.2) is 0 Å². The molecule has 2 rings (SSSR count). The van der Waals surface area contributed by atoms with Crippen molar-refractivity contribution in [3.05, 3.63) is 27.2 Å². The van der Waals surface area contributed by atoms with Crippen LogP contribution in [0.15, 0.2) is 24.7 Å². The summed E-state index contributed by atoms with van der Waals surface area (Å²) in [6, 6.07) is 1.75. The van der Waals surface area contributed by atoms with Crippen LogP contribution in [0.4, 0.5) is 5.88 Å². The smallest absolute Gasteiger partial charge is 0.274 e. The minimum atomic E-state index is -3.61. The lowest BCUT2D eigenvalue weighted by Gasteiger charge is -2.03. The Labute approximate surface area is 111 Å². The molecule has 0 aliphatic heterocycles. The van der Waals surface area contributed by atoms with Gasteiger partial charge in [0.2, 0.25) is 0 Å². The van der Waals surface area contributed by atoms with Crippen LogP contribution in [0, 0.1) is 13.8 Å². The van der Waals surface area contributed by atoms with Crippen LogP contribution < -0.4 is 4.72 Å². The maximum Gasteiger partial charge on any atom is 0.274 e. The van der Waals surface area contributed by atoms with Gasteiger partial charge in [0.05, 0.1) is 5.69 Å². The van der Waals surface area contributed by atoms with Crippen LogP contribution in [0.3, 0.4) is 0 Å². The number of thiophene rings is 1. The molecule has 5 nitrogen and oxygen atoms in total. The molecule has 2 heterocycles. The van der Waals surface area contributed by atoms with Crippen molar-refractivity contribution in [1.82, 2.24) is 5.16 Å². The highest BCUT2D eigenvalue weighted by Crippen LogP contribution is 2.30. The molecule has 0 aliphatic carbocycles. The van der Waals surface area contributed by atoms with Gasteiger partial charge in [-0.3, -0.25) is 0 Å². The first-order chi connectivity index (χ1) is 7.92. The zero-order chi connectivity index (χ0) is 12.6. The van der Waals surface area contributed by atoms with E-state index in [1.165, 1.54) is 0 Å². The number of anilines is 1. The summed E-state index contributed by atoms with van der Waals surface area (Å²) >= 11 is 4.37. The topological polar surface area (TPSA) is 72.2 Å². The van der Waals surface area contributed by atoms with Crippen LogP contribution >= 0.6 is 27.3 Å². The highest BCUT2D eigenvalue weighted by Gasteiger charge is 2.22. The van der Waals surface area contributed by atoms with E-state index < -0.39 is 10.0 Å². The predicted octanol–water partition coefficient (Wildman–Crippen LogP) is 2.92. The largest absolute Gasteiger partial charge is 0.336 e. The van der Waals surface area contributed by atoms with Crippen molar-refractivity contribution in [3.63, 3.8) is 0 Å². The van der Waals surface area contributed by atoms with Crippen LogP contribution in [0.2, 0.25) is 0 Å². The van der Waals surface area contributed by atoms with E-state index in [2.05, 4.69) is 25.8 Å². The molecule has 17 heavy (non-hydrogen) atoms. The average molecular weight is 337 g/mol. The quantitative estimate of drug-likeness (QED) is 0.935. The molecule has 0 saturated heterocycles. The van der Waals surface area contributed by atoms with Gasteiger partial charge >= 0.3 is 0 Å². The Hall–Kier alpha value is -0.860. The Morgan fingerprint density at radius 2 is 2.18 bits per heavy atom. The summed E-state index contributed by atoms with van der Waals surface area (Å²) in [7, 11) is -3.61. The molecule has 2 aromatic heterocycles. The third-order valence-corrected chi connectivity index (χ3v) is 6.03. The Bertz CT molecular complexity index is 645. The van der Waals surface area contributed by atoms with E-state index in [1.807, 2.05) is 0 Å². The third kappa shape index (κ3) is 2.38. The predicted molar refractivity (Wildman–Crippen MR) is 68.8 cm³/mol. The van der Waals surface area contributed by atoms with Gasteiger partial charge in [-0.05, 0) is 46.8 Å². The first-order valence-electron chi connectivity index (χ1n) is 4.60. The number of aryl methyl sites for hydroxylation is 2. The van der Waals surface area contributed by atoms with E-state index in [0.29, 0.717) is 15.7 Å². The standard InChI is InChI=1S/C9H9BrN2O3S2/c1-5-3-4-16-9(5)17(13,14)12-8-7(10)6(2)11-15-8/h3-4,12H,1-2H3. The molecule has 0 amide bonds. The molecule has 0 fully saturated rings. The minimum Gasteiger partial charge on any atom is -0.336 e. The first-order valence-corrected chi connectivity index (χ1v) is 7.76. The van der Waals surface area contributed by atoms with Crippen molar-refractivity contribution in [1.29, 1.82) is 0 Å². The summed E-state index contributed by atoms with van der Waals surface area (Å²) in [6.45, 7) is 3.45. The number of nitrogens with one attached hydrogen (secondary N) is 1. The summed E-state index contributed by atoms with van der Waals surface area (Å²) < 4.78 is 32.1. The van der Waals surface area contributed by atoms with Crippen molar-refractivity contribution >= 4 is 43.2 Å². The van der Waals surface area contributed by atoms with E-state index in [4.69, 9.17) is 4.52 Å². The summed E-state index contributed by atoms with van der Waals surface area (Å²) in [5.41, 5.74) is 1.29. The van der Waals surface area contributed by atoms with Gasteiger partial charge in [-0.15, -0.1) is 11.3 Å². The minimum absolute atomic E-state index is 0.0929. The molecule has 0 aliphatic rings. The van der Waals surface area contributed by atoms with Gasteiger partial charge < -0.3 is 4.52 Å². The van der Waals surface area contributed by atoms with Gasteiger partial charge in [-0.2, -0.15) is 0 Å². The van der Waals surface area contributed by atoms with Crippen molar-refractivity contribution < 1.29 is 12.9 Å². The lowest BCUT2D eigenvalue weighted by molar-refractivity contribution is 0.430. The fraction of sp³-hybridized carbons (Fsp3) is 0.222. The number of rotatable bonds is 3. The molecule has 2 aromatic rings. The lowest BCUT2D eigenvalue weighted by atomic mass is 10.4. The number of sulfonamides is 1. The van der Waals surface area contributed by atoms with Gasteiger partial charge in [0, 0.05) is 0 Å². The molecule has 0 saturated carbocycles. The molecule has 8 heteroatoms. The second-order valence-corrected chi connectivity index (χ2v) is 6.99. The summed E-state index contributed by atoms with van der Waals surface area (Å²) in [5.74, 6) is 0.0929. The Kier molecular flexibility index (Phi) is 3.28. The summed E-state index contributed by atoms with van der Waals surface area (Å²) in [5, 5.41) is 5.39. The molecule has 92 valence electrons. The third-order valence-electron chi connectivity index (χ3n) is 2.08. The Morgan fingerprint density at radius 1 is 1.47 bits per heavy atom. The van der Waals surface area contributed by atoms with E-state index in [9.17, 15) is 8.42 Å². The molecule has 0 bridgehead atoms. The number of aromatic nitrogens is 1. The summed E-state index contributed by atoms with van der Waals surface area (Å²) in [4.78, 5) is 0. The van der Waals surface area contributed by atoms with Gasteiger partial charge in [-0.25, -0.2) is 13.1 Å². The van der Waals surface area contributed by atoms with E-state index in [0.717, 1.165) is 11.3 Å². The van der Waals surface area contributed by atoms with Crippen LogP contribution in [-0.2, 0) is 10.0 Å². The molecule has 0 unspecified atom stereocenters. The van der Waals surface area contributed by atoms with Crippen LogP contribution in [-0.4, -0.2) is 13.6 Å². The molecule has 0 atom stereocenters. The van der Waals surface area contributed by atoms with Crippen LogP contribution in [0.5, 0.6) is 0 Å². The molecule has 1 N–H and O–H groups in total. The number of nitrogens with zero attached hydrogens (tertiary/aromatic N) is 1. The highest BCUT2D eigenvalue weighted by atomic mass is 79.9. The van der Waals surface area contributed by atoms with E-state index in [1.54, 1.807) is 25.3 Å². The second-order valence-electron chi connectivity index (χ2n) is 3.41. The zero-order valence-electron chi connectivity index (χ0n) is 9.02. The van der Waals surface area contributed by atoms with Crippen LogP contribution in [0.25, 0.3) is 0 Å². The fourth-order valence-electron chi connectivity index (χ4n) is 1.22. The Balaban J connectivity index is 2.37. The fourth-order valence-corrected chi connectivity index (χ4v) is 4.02. The highest BCUT2D eigenvalue weighted by molar-refractivity contribution is 9.10. The van der Waals surface area contributed by atoms with E-state index >= 15 is 0 Å². The van der Waals surface area contributed by atoms with Gasteiger partial charge in [0.25, 0.3) is 15.9 Å². The van der Waals surface area contributed by atoms with Crippen molar-refractivity contribution in [2.75, 3.05) is 4.72 Å². The number of hydrogen-bond donors (Lipinski definition) is 1. The van der Waals surface area contributed by atoms with Crippen LogP contribution in [0.1, 0.15) is 11.3 Å². The van der Waals surface area contributed by atoms with Crippen molar-refractivity contribution in [2.24, 2.45) is 0 Å². The molecular weight excluding hydrogens is 328 g/mol. The van der Waals surface area contributed by atoms with Crippen molar-refractivity contribution in [2.45, 2.75) is 18.1 Å². The molecule has 0 spiro atoms. The van der Waals surface area contributed by atoms with E-state index in [-0.39, 0.29) is 10.1 Å². The lowest BCUT2D eigenvalue weighted by Crippen LogP contribution is -2.12. The second kappa shape index (κ2) is 4.43. The van der Waals surface area contributed by atoms with Gasteiger partial charge in [0.1, 0.15) is 8.68 Å². The van der Waals surface area contributed by atoms with Crippen molar-refractivity contribution in [3.8, 4) is 0 Å². The summed E-state index contributed by atoms with van der Waals surface area (Å²) in [6.07, 6.45) is 0. The Morgan fingerprint density at radius 3 is 2.65 bits per heavy atom. The maximum absolute atomic E-state index is 12.0. The molecule has 0 aromatic carbocycles. The van der Waals surface area contributed by atoms with Gasteiger partial charge in [-0.1, -0.05) is 5.16 Å². The molecule has 0 radical (unpaired) electrons. The SMILES string of the molecule is Cc1ccsc1S(=O)(=O)Nc1onc(C)c1Br. The zero-order valence-corrected chi connectivity index (χ0v) is 12.2. The average Bonchev–Trinajstić information content (AvgIpc) is 2.80. The number of hydrogen-bond acceptors (Lipinski definition) is 5. The first kappa shape index (κ1) is 12.6. The number of halogens is 1. The normalized spacial score (nSPS) is 11.7. The molecular formula is C9H9BrN2O3S2. The maximum atomic E-state index is 12.0.